The number of carboxylic acid groups (broad SMARTS) is 1. The number of nitrogen functional groups attached to an aromatic ring is 1. The second kappa shape index (κ2) is 5.15. The van der Waals surface area contributed by atoms with E-state index < -0.39 is 11.2 Å². The van der Waals surface area contributed by atoms with E-state index in [1.54, 1.807) is 24.3 Å². The Morgan fingerprint density at radius 2 is 2.06 bits per heavy atom. The molecule has 1 atom stereocenters. The van der Waals surface area contributed by atoms with Gasteiger partial charge in [-0.25, -0.2) is 0 Å². The van der Waals surface area contributed by atoms with E-state index in [9.17, 15) is 9.90 Å². The summed E-state index contributed by atoms with van der Waals surface area (Å²) in [6.45, 7) is 0. The summed E-state index contributed by atoms with van der Waals surface area (Å²) in [5, 5.41) is 16.3. The van der Waals surface area contributed by atoms with Crippen LogP contribution in [-0.2, 0) is 4.79 Å². The lowest BCUT2D eigenvalue weighted by Crippen LogP contribution is -2.07. The second-order valence-corrected chi connectivity index (χ2v) is 5.51. The van der Waals surface area contributed by atoms with Gasteiger partial charge in [0.1, 0.15) is 5.25 Å². The summed E-state index contributed by atoms with van der Waals surface area (Å²) in [6, 6.07) is 9.00. The van der Waals surface area contributed by atoms with Gasteiger partial charge in [0.2, 0.25) is 5.13 Å². The molecule has 0 unspecified atom stereocenters. The van der Waals surface area contributed by atoms with Crippen molar-refractivity contribution in [3.8, 4) is 0 Å². The molecule has 0 saturated carbocycles. The van der Waals surface area contributed by atoms with Gasteiger partial charge in [-0.05, 0) is 5.56 Å². The fourth-order valence-electron chi connectivity index (χ4n) is 1.26. The van der Waals surface area contributed by atoms with Gasteiger partial charge in [-0.1, -0.05) is 53.4 Å². The van der Waals surface area contributed by atoms with Crippen LogP contribution in [0.4, 0.5) is 5.13 Å². The molecule has 2 aromatic rings. The van der Waals surface area contributed by atoms with Crippen LogP contribution in [0.2, 0.25) is 0 Å². The van der Waals surface area contributed by atoms with Crippen LogP contribution in [0, 0.1) is 0 Å². The van der Waals surface area contributed by atoms with Crippen molar-refractivity contribution in [1.29, 1.82) is 0 Å². The number of nitrogens with two attached hydrogens (primary N) is 1. The Hall–Kier alpha value is -1.60. The van der Waals surface area contributed by atoms with Crippen LogP contribution >= 0.6 is 23.1 Å². The molecule has 0 radical (unpaired) electrons. The first-order valence-corrected chi connectivity index (χ1v) is 6.40. The molecule has 0 fully saturated rings. The summed E-state index contributed by atoms with van der Waals surface area (Å²) in [6.07, 6.45) is 0. The van der Waals surface area contributed by atoms with Crippen molar-refractivity contribution in [2.45, 2.75) is 9.59 Å². The van der Waals surface area contributed by atoms with Crippen molar-refractivity contribution in [3.63, 3.8) is 0 Å². The molecule has 7 heteroatoms. The molecule has 88 valence electrons. The standard InChI is InChI=1S/C10H9N3O2S2/c11-9-12-13-10(17-9)16-7(8(14)15)6-4-2-1-3-5-6/h1-5,7H,(H2,11,12)(H,14,15)/t7-/m1/s1. The number of thioether (sulfide) groups is 1. The lowest BCUT2D eigenvalue weighted by Gasteiger charge is -2.09. The highest BCUT2D eigenvalue weighted by Gasteiger charge is 2.22. The Morgan fingerprint density at radius 1 is 1.35 bits per heavy atom. The predicted molar refractivity (Wildman–Crippen MR) is 67.0 cm³/mol. The van der Waals surface area contributed by atoms with Gasteiger partial charge in [-0.3, -0.25) is 4.79 Å². The van der Waals surface area contributed by atoms with Gasteiger partial charge in [0.15, 0.2) is 4.34 Å². The van der Waals surface area contributed by atoms with E-state index in [-0.39, 0.29) is 0 Å². The molecule has 0 saturated heterocycles. The number of benzene rings is 1. The van der Waals surface area contributed by atoms with Gasteiger partial charge < -0.3 is 10.8 Å². The number of anilines is 1. The number of aromatic nitrogens is 2. The molecule has 1 aromatic carbocycles. The van der Waals surface area contributed by atoms with Crippen LogP contribution in [0.15, 0.2) is 34.7 Å². The summed E-state index contributed by atoms with van der Waals surface area (Å²) in [4.78, 5) is 11.2. The lowest BCUT2D eigenvalue weighted by molar-refractivity contribution is -0.136. The van der Waals surface area contributed by atoms with Crippen LogP contribution in [0.3, 0.4) is 0 Å². The van der Waals surface area contributed by atoms with E-state index in [0.29, 0.717) is 9.47 Å². The number of nitrogens with zero attached hydrogens (tertiary/aromatic N) is 2. The Kier molecular flexibility index (Phi) is 3.60. The zero-order valence-electron chi connectivity index (χ0n) is 8.61. The Balaban J connectivity index is 2.22. The van der Waals surface area contributed by atoms with Crippen molar-refractivity contribution in [1.82, 2.24) is 10.2 Å². The highest BCUT2D eigenvalue weighted by Crippen LogP contribution is 2.37. The molecule has 0 amide bonds. The van der Waals surface area contributed by atoms with Crippen molar-refractivity contribution < 1.29 is 9.90 Å². The number of hydrogen-bond acceptors (Lipinski definition) is 6. The van der Waals surface area contributed by atoms with Crippen LogP contribution in [0.25, 0.3) is 0 Å². The molecule has 17 heavy (non-hydrogen) atoms. The van der Waals surface area contributed by atoms with Crippen LogP contribution in [0.5, 0.6) is 0 Å². The summed E-state index contributed by atoms with van der Waals surface area (Å²) >= 11 is 2.32. The fraction of sp³-hybridized carbons (Fsp3) is 0.100. The predicted octanol–water partition coefficient (Wildman–Crippen LogP) is 2.04. The smallest absolute Gasteiger partial charge is 0.321 e. The molecular formula is C10H9N3O2S2. The van der Waals surface area contributed by atoms with Gasteiger partial charge in [-0.2, -0.15) is 0 Å². The normalized spacial score (nSPS) is 12.2. The third kappa shape index (κ3) is 2.95. The maximum absolute atomic E-state index is 11.2. The third-order valence-electron chi connectivity index (χ3n) is 1.97. The zero-order chi connectivity index (χ0) is 12.3. The quantitative estimate of drug-likeness (QED) is 0.824. The minimum absolute atomic E-state index is 0.338. The average Bonchev–Trinajstić information content (AvgIpc) is 2.73. The molecule has 0 aliphatic carbocycles. The second-order valence-electron chi connectivity index (χ2n) is 3.15. The fourth-order valence-corrected chi connectivity index (χ4v) is 3.02. The topological polar surface area (TPSA) is 89.1 Å². The summed E-state index contributed by atoms with van der Waals surface area (Å²) < 4.78 is 0.554. The molecule has 0 bridgehead atoms. The van der Waals surface area contributed by atoms with E-state index in [0.717, 1.165) is 17.3 Å². The van der Waals surface area contributed by atoms with Crippen molar-refractivity contribution in [2.75, 3.05) is 5.73 Å². The van der Waals surface area contributed by atoms with Crippen LogP contribution in [-0.4, -0.2) is 21.3 Å². The molecule has 2 rings (SSSR count). The highest BCUT2D eigenvalue weighted by atomic mass is 32.2. The molecular weight excluding hydrogens is 258 g/mol. The number of aliphatic carboxylic acids is 1. The summed E-state index contributed by atoms with van der Waals surface area (Å²) in [5.74, 6) is -0.907. The number of hydrogen-bond donors (Lipinski definition) is 2. The molecule has 1 heterocycles. The summed E-state index contributed by atoms with van der Waals surface area (Å²) in [5.41, 5.74) is 6.17. The van der Waals surface area contributed by atoms with E-state index in [4.69, 9.17) is 5.73 Å². The zero-order valence-corrected chi connectivity index (χ0v) is 10.2. The minimum Gasteiger partial charge on any atom is -0.480 e. The Morgan fingerprint density at radius 3 is 2.59 bits per heavy atom. The average molecular weight is 267 g/mol. The van der Waals surface area contributed by atoms with Crippen LogP contribution in [0.1, 0.15) is 10.8 Å². The Labute approximate surface area is 106 Å². The van der Waals surface area contributed by atoms with Crippen LogP contribution < -0.4 is 5.73 Å². The first-order valence-electron chi connectivity index (χ1n) is 4.70. The lowest BCUT2D eigenvalue weighted by atomic mass is 10.1. The maximum Gasteiger partial charge on any atom is 0.321 e. The van der Waals surface area contributed by atoms with Crippen molar-refractivity contribution in [2.24, 2.45) is 0 Å². The Bertz CT molecular complexity index is 515. The minimum atomic E-state index is -0.907. The van der Waals surface area contributed by atoms with Crippen molar-refractivity contribution in [3.05, 3.63) is 35.9 Å². The third-order valence-corrected chi connectivity index (χ3v) is 4.05. The number of rotatable bonds is 4. The highest BCUT2D eigenvalue weighted by molar-refractivity contribution is 8.01. The molecule has 0 spiro atoms. The molecule has 5 nitrogen and oxygen atoms in total. The largest absolute Gasteiger partial charge is 0.480 e. The maximum atomic E-state index is 11.2. The van der Waals surface area contributed by atoms with E-state index in [1.807, 2.05) is 6.07 Å². The van der Waals surface area contributed by atoms with Crippen molar-refractivity contribution >= 4 is 34.2 Å². The molecule has 0 aliphatic heterocycles. The molecule has 0 aliphatic rings. The first-order chi connectivity index (χ1) is 8.16. The molecule has 1 aromatic heterocycles. The van der Waals surface area contributed by atoms with Gasteiger partial charge in [0.25, 0.3) is 0 Å². The van der Waals surface area contributed by atoms with E-state index in [2.05, 4.69) is 10.2 Å². The number of carbonyl (C=O) groups is 1. The van der Waals surface area contributed by atoms with Gasteiger partial charge >= 0.3 is 5.97 Å². The van der Waals surface area contributed by atoms with E-state index in [1.165, 1.54) is 11.3 Å². The first kappa shape index (κ1) is 11.9. The monoisotopic (exact) mass is 267 g/mol. The number of carboxylic acids is 1. The van der Waals surface area contributed by atoms with Gasteiger partial charge in [-0.15, -0.1) is 10.2 Å². The SMILES string of the molecule is Nc1nnc(S[C@@H](C(=O)O)c2ccccc2)s1. The molecule has 3 N–H and O–H groups in total. The summed E-state index contributed by atoms with van der Waals surface area (Å²) in [7, 11) is 0. The van der Waals surface area contributed by atoms with E-state index >= 15 is 0 Å². The van der Waals surface area contributed by atoms with Gasteiger partial charge in [0, 0.05) is 0 Å². The van der Waals surface area contributed by atoms with Gasteiger partial charge in [0.05, 0.1) is 0 Å².